The van der Waals surface area contributed by atoms with Gasteiger partial charge in [-0.05, 0) is 23.3 Å². The number of aromatic nitrogens is 3. The van der Waals surface area contributed by atoms with Gasteiger partial charge in [-0.25, -0.2) is 14.4 Å². The molecule has 0 aliphatic rings. The molecule has 0 saturated carbocycles. The number of halogens is 1. The first-order valence-electron chi connectivity index (χ1n) is 8.50. The van der Waals surface area contributed by atoms with Gasteiger partial charge >= 0.3 is 0 Å². The average Bonchev–Trinajstić information content (AvgIpc) is 3.15. The van der Waals surface area contributed by atoms with E-state index >= 15 is 0 Å². The van der Waals surface area contributed by atoms with Crippen molar-refractivity contribution >= 4 is 11.9 Å². The molecule has 0 atom stereocenters. The highest BCUT2D eigenvalue weighted by Crippen LogP contribution is 2.37. The van der Waals surface area contributed by atoms with Crippen molar-refractivity contribution in [2.45, 2.75) is 0 Å². The molecule has 0 bridgehead atoms. The Morgan fingerprint density at radius 1 is 1.00 bits per heavy atom. The van der Waals surface area contributed by atoms with Crippen LogP contribution in [0.15, 0.2) is 66.9 Å². The summed E-state index contributed by atoms with van der Waals surface area (Å²) in [7, 11) is 0. The van der Waals surface area contributed by atoms with E-state index in [0.29, 0.717) is 28.1 Å². The molecule has 2 aromatic carbocycles. The Kier molecular flexibility index (Phi) is 4.33. The second kappa shape index (κ2) is 6.96. The van der Waals surface area contributed by atoms with Crippen LogP contribution in [0.25, 0.3) is 33.8 Å². The van der Waals surface area contributed by atoms with Crippen LogP contribution >= 0.6 is 0 Å². The molecule has 0 radical (unpaired) electrons. The number of nitrogen functional groups attached to an aromatic ring is 1. The Morgan fingerprint density at radius 2 is 1.71 bits per heavy atom. The van der Waals surface area contributed by atoms with Crippen LogP contribution in [0.3, 0.4) is 0 Å². The zero-order valence-electron chi connectivity index (χ0n) is 14.7. The van der Waals surface area contributed by atoms with Gasteiger partial charge in [-0.3, -0.25) is 4.79 Å². The third-order valence-corrected chi connectivity index (χ3v) is 4.38. The van der Waals surface area contributed by atoms with Crippen molar-refractivity contribution in [1.29, 1.82) is 0 Å². The molecule has 0 aliphatic heterocycles. The van der Waals surface area contributed by atoms with Gasteiger partial charge in [0.2, 0.25) is 11.9 Å². The summed E-state index contributed by atoms with van der Waals surface area (Å²) in [5, 5.41) is 0. The number of rotatable bonds is 4. The predicted molar refractivity (Wildman–Crippen MR) is 106 cm³/mol. The number of amides is 1. The van der Waals surface area contributed by atoms with Gasteiger partial charge < -0.3 is 16.5 Å². The SMILES string of the molecule is NC(=O)c1ccccc1-c1cc(-c2nc(N)ncc2F)[nH]c1-c1ccccc1. The lowest BCUT2D eigenvalue weighted by Crippen LogP contribution is -2.12. The fourth-order valence-corrected chi connectivity index (χ4v) is 3.13. The van der Waals surface area contributed by atoms with Crippen molar-refractivity contribution in [1.82, 2.24) is 15.0 Å². The number of H-pyrrole nitrogens is 1. The van der Waals surface area contributed by atoms with Crippen molar-refractivity contribution in [3.8, 4) is 33.8 Å². The normalized spacial score (nSPS) is 10.8. The maximum Gasteiger partial charge on any atom is 0.249 e. The van der Waals surface area contributed by atoms with Crippen molar-refractivity contribution < 1.29 is 9.18 Å². The molecule has 4 rings (SSSR count). The first-order valence-corrected chi connectivity index (χ1v) is 8.50. The van der Waals surface area contributed by atoms with Crippen LogP contribution in [0.2, 0.25) is 0 Å². The Labute approximate surface area is 160 Å². The van der Waals surface area contributed by atoms with E-state index < -0.39 is 11.7 Å². The lowest BCUT2D eigenvalue weighted by molar-refractivity contribution is 0.100. The van der Waals surface area contributed by atoms with E-state index in [0.717, 1.165) is 11.8 Å². The van der Waals surface area contributed by atoms with E-state index in [-0.39, 0.29) is 11.6 Å². The summed E-state index contributed by atoms with van der Waals surface area (Å²) < 4.78 is 14.3. The number of benzene rings is 2. The average molecular weight is 373 g/mol. The maximum atomic E-state index is 14.3. The molecule has 0 aliphatic carbocycles. The van der Waals surface area contributed by atoms with Crippen molar-refractivity contribution in [2.75, 3.05) is 5.73 Å². The fourth-order valence-electron chi connectivity index (χ4n) is 3.13. The minimum absolute atomic E-state index is 0.0358. The largest absolute Gasteiger partial charge is 0.368 e. The molecule has 5 N–H and O–H groups in total. The van der Waals surface area contributed by atoms with E-state index in [2.05, 4.69) is 15.0 Å². The third kappa shape index (κ3) is 3.09. The lowest BCUT2D eigenvalue weighted by atomic mass is 9.96. The molecular weight excluding hydrogens is 357 g/mol. The van der Waals surface area contributed by atoms with Gasteiger partial charge in [0.05, 0.1) is 17.6 Å². The van der Waals surface area contributed by atoms with E-state index in [1.807, 2.05) is 36.4 Å². The predicted octanol–water partition coefficient (Wildman–Crippen LogP) is 3.63. The van der Waals surface area contributed by atoms with Gasteiger partial charge in [0.15, 0.2) is 5.82 Å². The summed E-state index contributed by atoms with van der Waals surface area (Å²) in [5.74, 6) is -1.19. The van der Waals surface area contributed by atoms with Crippen LogP contribution < -0.4 is 11.5 Å². The smallest absolute Gasteiger partial charge is 0.249 e. The summed E-state index contributed by atoms with van der Waals surface area (Å²) in [4.78, 5) is 22.8. The Morgan fingerprint density at radius 3 is 2.46 bits per heavy atom. The number of aromatic amines is 1. The number of anilines is 1. The quantitative estimate of drug-likeness (QED) is 0.507. The molecule has 6 nitrogen and oxygen atoms in total. The number of carbonyl (C=O) groups excluding carboxylic acids is 1. The Hall–Kier alpha value is -4.00. The first kappa shape index (κ1) is 17.4. The molecule has 0 saturated heterocycles. The van der Waals surface area contributed by atoms with Gasteiger partial charge in [-0.15, -0.1) is 0 Å². The molecule has 4 aromatic rings. The zero-order valence-corrected chi connectivity index (χ0v) is 14.7. The number of primary amides is 1. The van der Waals surface area contributed by atoms with Crippen LogP contribution in [-0.4, -0.2) is 20.9 Å². The van der Waals surface area contributed by atoms with Gasteiger partial charge in [-0.1, -0.05) is 48.5 Å². The summed E-state index contributed by atoms with van der Waals surface area (Å²) in [5.41, 5.74) is 14.9. The highest BCUT2D eigenvalue weighted by atomic mass is 19.1. The van der Waals surface area contributed by atoms with E-state index in [1.165, 1.54) is 0 Å². The monoisotopic (exact) mass is 373 g/mol. The van der Waals surface area contributed by atoms with Crippen molar-refractivity contribution in [3.05, 3.63) is 78.2 Å². The van der Waals surface area contributed by atoms with Crippen molar-refractivity contribution in [2.24, 2.45) is 5.73 Å². The number of hydrogen-bond acceptors (Lipinski definition) is 4. The molecule has 2 aromatic heterocycles. The molecule has 28 heavy (non-hydrogen) atoms. The second-order valence-corrected chi connectivity index (χ2v) is 6.17. The van der Waals surface area contributed by atoms with Gasteiger partial charge in [0.1, 0.15) is 5.69 Å². The molecule has 0 spiro atoms. The van der Waals surface area contributed by atoms with Gasteiger partial charge in [-0.2, -0.15) is 0 Å². The van der Waals surface area contributed by atoms with Crippen LogP contribution in [-0.2, 0) is 0 Å². The molecule has 0 unspecified atom stereocenters. The number of nitrogens with zero attached hydrogens (tertiary/aromatic N) is 2. The topological polar surface area (TPSA) is 111 Å². The molecule has 0 fully saturated rings. The minimum atomic E-state index is -0.607. The highest BCUT2D eigenvalue weighted by Gasteiger charge is 2.19. The number of carbonyl (C=O) groups is 1. The summed E-state index contributed by atoms with van der Waals surface area (Å²) in [6.45, 7) is 0. The van der Waals surface area contributed by atoms with E-state index in [9.17, 15) is 9.18 Å². The van der Waals surface area contributed by atoms with Crippen molar-refractivity contribution in [3.63, 3.8) is 0 Å². The second-order valence-electron chi connectivity index (χ2n) is 6.17. The van der Waals surface area contributed by atoms with Crippen LogP contribution in [0.1, 0.15) is 10.4 Å². The fraction of sp³-hybridized carbons (Fsp3) is 0. The zero-order chi connectivity index (χ0) is 19.7. The Bertz CT molecular complexity index is 1170. The van der Waals surface area contributed by atoms with Crippen LogP contribution in [0.5, 0.6) is 0 Å². The van der Waals surface area contributed by atoms with E-state index in [1.54, 1.807) is 24.3 Å². The van der Waals surface area contributed by atoms with Gasteiger partial charge in [0.25, 0.3) is 0 Å². The van der Waals surface area contributed by atoms with Gasteiger partial charge in [0, 0.05) is 11.1 Å². The highest BCUT2D eigenvalue weighted by molar-refractivity contribution is 6.02. The standard InChI is InChI=1S/C21H16FN5O/c22-16-11-25-21(24)27-19(16)17-10-15(13-8-4-5-9-14(13)20(23)28)18(26-17)12-6-2-1-3-7-12/h1-11,26H,(H2,23,28)(H2,24,25,27). The van der Waals surface area contributed by atoms with Crippen LogP contribution in [0.4, 0.5) is 10.3 Å². The molecule has 1 amide bonds. The molecule has 138 valence electrons. The molecule has 7 heteroatoms. The first-order chi connectivity index (χ1) is 13.5. The third-order valence-electron chi connectivity index (χ3n) is 4.38. The van der Waals surface area contributed by atoms with E-state index in [4.69, 9.17) is 11.5 Å². The molecular formula is C21H16FN5O. The minimum Gasteiger partial charge on any atom is -0.368 e. The lowest BCUT2D eigenvalue weighted by Gasteiger charge is -2.08. The summed E-state index contributed by atoms with van der Waals surface area (Å²) >= 11 is 0. The summed E-state index contributed by atoms with van der Waals surface area (Å²) in [6, 6.07) is 18.2. The number of nitrogens with two attached hydrogens (primary N) is 2. The summed E-state index contributed by atoms with van der Waals surface area (Å²) in [6.07, 6.45) is 1.03. The maximum absolute atomic E-state index is 14.3. The Balaban J connectivity index is 1.99. The van der Waals surface area contributed by atoms with Crippen LogP contribution in [0, 0.1) is 5.82 Å². The number of nitrogens with one attached hydrogen (secondary N) is 1. The number of hydrogen-bond donors (Lipinski definition) is 3. The molecule has 2 heterocycles.